The molecule has 0 saturated heterocycles. The van der Waals surface area contributed by atoms with E-state index in [9.17, 15) is 0 Å². The quantitative estimate of drug-likeness (QED) is 0.254. The molecule has 0 saturated carbocycles. The highest BCUT2D eigenvalue weighted by Gasteiger charge is 2.00. The minimum Gasteiger partial charge on any atom is -0.412 e. The first-order chi connectivity index (χ1) is 9.72. The van der Waals surface area contributed by atoms with Crippen molar-refractivity contribution in [1.82, 2.24) is 4.98 Å². The first-order valence-corrected chi connectivity index (χ1v) is 7.17. The molecule has 0 bridgehead atoms. The van der Waals surface area contributed by atoms with Gasteiger partial charge in [0.05, 0.1) is 11.0 Å². The van der Waals surface area contributed by atoms with Crippen molar-refractivity contribution >= 4 is 43.6 Å². The van der Waals surface area contributed by atoms with Gasteiger partial charge >= 0.3 is 10.4 Å². The van der Waals surface area contributed by atoms with Crippen LogP contribution in [0.15, 0.2) is 42.5 Å². The molecule has 2 aromatic carbocycles. The lowest BCUT2D eigenvalue weighted by Crippen LogP contribution is -1.89. The van der Waals surface area contributed by atoms with Crippen molar-refractivity contribution in [2.45, 2.75) is 0 Å². The molecule has 0 spiro atoms. The number of benzene rings is 2. The van der Waals surface area contributed by atoms with E-state index in [1.165, 1.54) is 0 Å². The van der Waals surface area contributed by atoms with E-state index in [0.29, 0.717) is 0 Å². The summed E-state index contributed by atoms with van der Waals surface area (Å²) in [7, 11) is -4.67. The zero-order chi connectivity index (χ0) is 15.6. The van der Waals surface area contributed by atoms with Gasteiger partial charge in [-0.3, -0.25) is 9.11 Å². The van der Waals surface area contributed by atoms with Crippen molar-refractivity contribution < 1.29 is 28.5 Å². The Labute approximate surface area is 131 Å². The molecule has 3 aromatic rings. The molecule has 3 rings (SSSR count). The Kier molecular flexibility index (Phi) is 6.84. The van der Waals surface area contributed by atoms with Crippen LogP contribution in [0, 0.1) is 0 Å². The Morgan fingerprint density at radius 1 is 0.783 bits per heavy atom. The van der Waals surface area contributed by atoms with Gasteiger partial charge in [-0.1, -0.05) is 12.1 Å². The van der Waals surface area contributed by atoms with Crippen LogP contribution in [-0.4, -0.2) is 33.5 Å². The normalized spacial score (nSPS) is 10.2. The van der Waals surface area contributed by atoms with Gasteiger partial charge in [-0.15, -0.1) is 0 Å². The fourth-order valence-electron chi connectivity index (χ4n) is 1.86. The maximum Gasteiger partial charge on any atom is 0.394 e. The highest BCUT2D eigenvalue weighted by Crippen LogP contribution is 2.22. The number of anilines is 2. The van der Waals surface area contributed by atoms with Crippen LogP contribution in [0.3, 0.4) is 0 Å². The second kappa shape index (κ2) is 7.67. The van der Waals surface area contributed by atoms with Crippen molar-refractivity contribution in [3.05, 3.63) is 42.5 Å². The third-order valence-electron chi connectivity index (χ3n) is 2.66. The second-order valence-electron chi connectivity index (χ2n) is 4.34. The molecule has 0 aliphatic carbocycles. The van der Waals surface area contributed by atoms with E-state index in [0.717, 1.165) is 33.2 Å². The Morgan fingerprint density at radius 2 is 1.13 bits per heavy atom. The third-order valence-corrected chi connectivity index (χ3v) is 2.66. The lowest BCUT2D eigenvalue weighted by molar-refractivity contribution is 0.381. The zero-order valence-electron chi connectivity index (χ0n) is 11.8. The summed E-state index contributed by atoms with van der Waals surface area (Å²) in [4.78, 5) is 4.54. The number of nitrogens with zero attached hydrogens (tertiary/aromatic N) is 1. The number of rotatable bonds is 0. The van der Waals surface area contributed by atoms with Crippen LogP contribution in [0.1, 0.15) is 0 Å². The molecule has 0 radical (unpaired) electrons. The van der Waals surface area contributed by atoms with Crippen LogP contribution < -0.4 is 11.5 Å². The van der Waals surface area contributed by atoms with Crippen LogP contribution in [-0.2, 0) is 10.4 Å². The second-order valence-corrected chi connectivity index (χ2v) is 5.24. The average molecular weight is 343 g/mol. The van der Waals surface area contributed by atoms with E-state index in [1.54, 1.807) is 0 Å². The Morgan fingerprint density at radius 3 is 1.48 bits per heavy atom. The van der Waals surface area contributed by atoms with Crippen LogP contribution >= 0.6 is 0 Å². The smallest absolute Gasteiger partial charge is 0.394 e. The van der Waals surface area contributed by atoms with Gasteiger partial charge in [0.2, 0.25) is 0 Å². The van der Waals surface area contributed by atoms with E-state index < -0.39 is 10.4 Å². The van der Waals surface area contributed by atoms with E-state index in [1.807, 2.05) is 36.4 Å². The number of fused-ring (bicyclic) bond motifs is 2. The van der Waals surface area contributed by atoms with Crippen molar-refractivity contribution in [2.24, 2.45) is 0 Å². The predicted octanol–water partition coefficient (Wildman–Crippen LogP) is 0.250. The topological polar surface area (TPSA) is 203 Å². The maximum absolute atomic E-state index is 8.74. The van der Waals surface area contributed by atoms with Crippen LogP contribution in [0.5, 0.6) is 0 Å². The fraction of sp³-hybridized carbons (Fsp3) is 0. The minimum atomic E-state index is -4.67. The SMILES string of the molecule is Nc1ccc2cc3ccc(N)cc3nc2c1.O.O.O=S(=O)(O)O. The zero-order valence-corrected chi connectivity index (χ0v) is 12.6. The summed E-state index contributed by atoms with van der Waals surface area (Å²) in [5, 5.41) is 2.18. The molecule has 0 aliphatic heterocycles. The van der Waals surface area contributed by atoms with Gasteiger partial charge in [0, 0.05) is 22.1 Å². The Hall–Kier alpha value is -2.50. The average Bonchev–Trinajstić information content (AvgIpc) is 2.34. The summed E-state index contributed by atoms with van der Waals surface area (Å²) in [5.41, 5.74) is 14.7. The molecule has 0 amide bonds. The largest absolute Gasteiger partial charge is 0.412 e. The van der Waals surface area contributed by atoms with Gasteiger partial charge in [0.15, 0.2) is 0 Å². The molecular formula is C13H17N3O6S. The fourth-order valence-corrected chi connectivity index (χ4v) is 1.86. The molecule has 23 heavy (non-hydrogen) atoms. The molecule has 10 N–H and O–H groups in total. The molecule has 10 heteroatoms. The first kappa shape index (κ1) is 20.5. The lowest BCUT2D eigenvalue weighted by Gasteiger charge is -2.03. The summed E-state index contributed by atoms with van der Waals surface area (Å²) < 4.78 is 31.6. The Balaban J connectivity index is 0.000000615. The molecule has 0 aliphatic rings. The number of nitrogen functional groups attached to an aromatic ring is 2. The number of hydrogen-bond donors (Lipinski definition) is 4. The van der Waals surface area contributed by atoms with Gasteiger partial charge in [-0.05, 0) is 30.3 Å². The van der Waals surface area contributed by atoms with Crippen LogP contribution in [0.2, 0.25) is 0 Å². The maximum atomic E-state index is 8.74. The van der Waals surface area contributed by atoms with Gasteiger partial charge in [-0.2, -0.15) is 8.42 Å². The van der Waals surface area contributed by atoms with E-state index in [4.69, 9.17) is 29.0 Å². The monoisotopic (exact) mass is 343 g/mol. The van der Waals surface area contributed by atoms with E-state index >= 15 is 0 Å². The van der Waals surface area contributed by atoms with Gasteiger partial charge in [-0.25, -0.2) is 4.98 Å². The summed E-state index contributed by atoms with van der Waals surface area (Å²) >= 11 is 0. The summed E-state index contributed by atoms with van der Waals surface area (Å²) in [6.45, 7) is 0. The lowest BCUT2D eigenvalue weighted by atomic mass is 10.1. The van der Waals surface area contributed by atoms with Crippen molar-refractivity contribution in [2.75, 3.05) is 11.5 Å². The number of nitrogens with two attached hydrogens (primary N) is 2. The van der Waals surface area contributed by atoms with Gasteiger partial charge in [0.1, 0.15) is 0 Å². The van der Waals surface area contributed by atoms with Crippen molar-refractivity contribution in [1.29, 1.82) is 0 Å². The van der Waals surface area contributed by atoms with E-state index in [2.05, 4.69) is 11.1 Å². The third kappa shape index (κ3) is 6.02. The van der Waals surface area contributed by atoms with E-state index in [-0.39, 0.29) is 11.0 Å². The number of pyridine rings is 1. The van der Waals surface area contributed by atoms with Crippen molar-refractivity contribution in [3.8, 4) is 0 Å². The molecule has 1 aromatic heterocycles. The molecule has 1 heterocycles. The van der Waals surface area contributed by atoms with Crippen LogP contribution in [0.4, 0.5) is 11.4 Å². The molecular weight excluding hydrogens is 326 g/mol. The molecule has 0 fully saturated rings. The highest BCUT2D eigenvalue weighted by molar-refractivity contribution is 7.79. The van der Waals surface area contributed by atoms with Gasteiger partial charge < -0.3 is 22.4 Å². The van der Waals surface area contributed by atoms with Crippen LogP contribution in [0.25, 0.3) is 21.8 Å². The van der Waals surface area contributed by atoms with Gasteiger partial charge in [0.25, 0.3) is 0 Å². The summed E-state index contributed by atoms with van der Waals surface area (Å²) in [6.07, 6.45) is 0. The summed E-state index contributed by atoms with van der Waals surface area (Å²) in [5.74, 6) is 0. The Bertz CT molecular complexity index is 849. The predicted molar refractivity (Wildman–Crippen MR) is 89.5 cm³/mol. The summed E-state index contributed by atoms with van der Waals surface area (Å²) in [6, 6.07) is 13.6. The molecule has 0 unspecified atom stereocenters. The first-order valence-electron chi connectivity index (χ1n) is 5.78. The molecule has 9 nitrogen and oxygen atoms in total. The molecule has 126 valence electrons. The van der Waals surface area contributed by atoms with Crippen molar-refractivity contribution in [3.63, 3.8) is 0 Å². The minimum absolute atomic E-state index is 0. The molecule has 0 atom stereocenters. The number of aromatic nitrogens is 1. The standard InChI is InChI=1S/C13H11N3.H2O4S.2H2O/c14-10-3-1-8-5-9-2-4-11(15)7-13(9)16-12(8)6-10;1-5(2,3)4;;/h1-7H,14-15H2;(H2,1,2,3,4);2*1H2. The highest BCUT2D eigenvalue weighted by atomic mass is 32.3. The number of hydrogen-bond acceptors (Lipinski definition) is 5.